The second kappa shape index (κ2) is 5.83. The summed E-state index contributed by atoms with van der Waals surface area (Å²) in [5.41, 5.74) is 3.86. The molecule has 0 bridgehead atoms. The quantitative estimate of drug-likeness (QED) is 0.862. The van der Waals surface area contributed by atoms with Crippen LogP contribution < -0.4 is 4.90 Å². The van der Waals surface area contributed by atoms with E-state index in [1.165, 1.54) is 16.8 Å². The number of aryl methyl sites for hydroxylation is 1. The Balaban J connectivity index is 1.67. The highest BCUT2D eigenvalue weighted by molar-refractivity contribution is 7.91. The minimum atomic E-state index is -3.08. The van der Waals surface area contributed by atoms with E-state index < -0.39 is 15.9 Å². The molecule has 0 radical (unpaired) electrons. The molecule has 0 spiro atoms. The number of aliphatic hydroxyl groups is 1. The summed E-state index contributed by atoms with van der Waals surface area (Å²) in [4.78, 5) is 4.49. The van der Waals surface area contributed by atoms with Gasteiger partial charge in [-0.1, -0.05) is 12.1 Å². The molecular weight excluding hydrogens is 300 g/mol. The monoisotopic (exact) mass is 324 g/mol. The van der Waals surface area contributed by atoms with Crippen LogP contribution in [0, 0.1) is 13.8 Å². The van der Waals surface area contributed by atoms with Gasteiger partial charge in [-0.25, -0.2) is 8.42 Å². The van der Waals surface area contributed by atoms with Gasteiger partial charge < -0.3 is 10.0 Å². The first kappa shape index (κ1) is 15.8. The van der Waals surface area contributed by atoms with Crippen LogP contribution >= 0.6 is 0 Å². The maximum Gasteiger partial charge on any atom is 0.154 e. The van der Waals surface area contributed by atoms with E-state index in [-0.39, 0.29) is 17.5 Å². The van der Waals surface area contributed by atoms with E-state index in [2.05, 4.69) is 41.8 Å². The van der Waals surface area contributed by atoms with Crippen molar-refractivity contribution < 1.29 is 13.5 Å². The molecule has 2 heterocycles. The fourth-order valence-corrected chi connectivity index (χ4v) is 5.36. The zero-order valence-electron chi connectivity index (χ0n) is 13.2. The van der Waals surface area contributed by atoms with E-state index in [1.54, 1.807) is 0 Å². The summed E-state index contributed by atoms with van der Waals surface area (Å²) in [5.74, 6) is 0.00646. The SMILES string of the molecule is Cc1cccc(N2CCN([C@H]3CS(=O)(=O)C[C@@H]3O)CC2)c1C. The molecule has 2 saturated heterocycles. The zero-order chi connectivity index (χ0) is 15.9. The number of hydrogen-bond acceptors (Lipinski definition) is 5. The molecule has 0 aliphatic carbocycles. The van der Waals surface area contributed by atoms with Crippen molar-refractivity contribution in [3.63, 3.8) is 0 Å². The standard InChI is InChI=1S/C16H24N2O3S/c1-12-4-3-5-14(13(12)2)17-6-8-18(9-7-17)15-10-22(20,21)11-16(15)19/h3-5,15-16,19H,6-11H2,1-2H3/t15-,16-/m0/s1. The number of sulfone groups is 1. The van der Waals surface area contributed by atoms with Crippen molar-refractivity contribution in [1.82, 2.24) is 4.90 Å². The van der Waals surface area contributed by atoms with Gasteiger partial charge in [-0.15, -0.1) is 0 Å². The van der Waals surface area contributed by atoms with Crippen LogP contribution in [0.1, 0.15) is 11.1 Å². The first-order valence-corrected chi connectivity index (χ1v) is 9.63. The van der Waals surface area contributed by atoms with Gasteiger partial charge >= 0.3 is 0 Å². The molecule has 122 valence electrons. The Morgan fingerprint density at radius 2 is 1.77 bits per heavy atom. The number of rotatable bonds is 2. The fourth-order valence-electron chi connectivity index (χ4n) is 3.53. The first-order valence-electron chi connectivity index (χ1n) is 7.81. The normalized spacial score (nSPS) is 29.0. The van der Waals surface area contributed by atoms with Gasteiger partial charge in [0.05, 0.1) is 23.7 Å². The molecule has 2 aliphatic rings. The van der Waals surface area contributed by atoms with Crippen LogP contribution in [-0.4, -0.2) is 68.3 Å². The topological polar surface area (TPSA) is 60.9 Å². The Bertz CT molecular complexity index is 651. The van der Waals surface area contributed by atoms with Gasteiger partial charge in [-0.05, 0) is 31.0 Å². The third-order valence-corrected chi connectivity index (χ3v) is 6.69. The van der Waals surface area contributed by atoms with Gasteiger partial charge in [0, 0.05) is 31.9 Å². The molecule has 2 atom stereocenters. The van der Waals surface area contributed by atoms with Crippen LogP contribution in [0.5, 0.6) is 0 Å². The third kappa shape index (κ3) is 3.00. The Morgan fingerprint density at radius 3 is 2.36 bits per heavy atom. The number of nitrogens with zero attached hydrogens (tertiary/aromatic N) is 2. The average Bonchev–Trinajstić information content (AvgIpc) is 2.75. The second-order valence-corrected chi connectivity index (χ2v) is 8.61. The number of piperazine rings is 1. The summed E-state index contributed by atoms with van der Waals surface area (Å²) in [6.45, 7) is 7.59. The predicted molar refractivity (Wildman–Crippen MR) is 88.2 cm³/mol. The number of anilines is 1. The summed E-state index contributed by atoms with van der Waals surface area (Å²) >= 11 is 0. The fraction of sp³-hybridized carbons (Fsp3) is 0.625. The minimum absolute atomic E-state index is 0.0884. The summed E-state index contributed by atoms with van der Waals surface area (Å²) in [7, 11) is -3.08. The lowest BCUT2D eigenvalue weighted by Crippen LogP contribution is -2.53. The molecule has 22 heavy (non-hydrogen) atoms. The molecular formula is C16H24N2O3S. The zero-order valence-corrected chi connectivity index (χ0v) is 14.0. The summed E-state index contributed by atoms with van der Waals surface area (Å²) < 4.78 is 23.3. The molecule has 0 aromatic heterocycles. The van der Waals surface area contributed by atoms with E-state index in [9.17, 15) is 13.5 Å². The molecule has 0 unspecified atom stereocenters. The molecule has 0 saturated carbocycles. The lowest BCUT2D eigenvalue weighted by Gasteiger charge is -2.40. The van der Waals surface area contributed by atoms with Crippen molar-refractivity contribution in [1.29, 1.82) is 0 Å². The van der Waals surface area contributed by atoms with Gasteiger partial charge in [0.1, 0.15) is 0 Å². The highest BCUT2D eigenvalue weighted by Crippen LogP contribution is 2.26. The van der Waals surface area contributed by atoms with Crippen molar-refractivity contribution in [2.45, 2.75) is 26.0 Å². The first-order chi connectivity index (χ1) is 10.4. The van der Waals surface area contributed by atoms with Gasteiger partial charge in [0.25, 0.3) is 0 Å². The molecule has 0 amide bonds. The van der Waals surface area contributed by atoms with Crippen LogP contribution in [0.2, 0.25) is 0 Å². The van der Waals surface area contributed by atoms with Crippen molar-refractivity contribution in [2.24, 2.45) is 0 Å². The summed E-state index contributed by atoms with van der Waals surface area (Å²) in [6, 6.07) is 6.12. The Hall–Kier alpha value is -1.11. The van der Waals surface area contributed by atoms with E-state index in [0.717, 1.165) is 26.2 Å². The Morgan fingerprint density at radius 1 is 1.09 bits per heavy atom. The highest BCUT2D eigenvalue weighted by Gasteiger charge is 2.40. The van der Waals surface area contributed by atoms with E-state index in [4.69, 9.17) is 0 Å². The summed E-state index contributed by atoms with van der Waals surface area (Å²) in [5, 5.41) is 10.0. The number of benzene rings is 1. The second-order valence-electron chi connectivity index (χ2n) is 6.45. The van der Waals surface area contributed by atoms with Crippen LogP contribution in [0.15, 0.2) is 18.2 Å². The summed E-state index contributed by atoms with van der Waals surface area (Å²) in [6.07, 6.45) is -0.739. The largest absolute Gasteiger partial charge is 0.390 e. The van der Waals surface area contributed by atoms with Crippen molar-refractivity contribution >= 4 is 15.5 Å². The maximum atomic E-state index is 11.7. The van der Waals surface area contributed by atoms with Crippen LogP contribution in [0.4, 0.5) is 5.69 Å². The Labute approximate surface area is 132 Å². The van der Waals surface area contributed by atoms with Crippen molar-refractivity contribution in [2.75, 3.05) is 42.6 Å². The van der Waals surface area contributed by atoms with Gasteiger partial charge in [0.15, 0.2) is 9.84 Å². The van der Waals surface area contributed by atoms with Gasteiger partial charge in [-0.3, -0.25) is 4.90 Å². The molecule has 2 aliphatic heterocycles. The lowest BCUT2D eigenvalue weighted by molar-refractivity contribution is 0.0793. The minimum Gasteiger partial charge on any atom is -0.390 e. The van der Waals surface area contributed by atoms with Crippen molar-refractivity contribution in [3.8, 4) is 0 Å². The molecule has 2 fully saturated rings. The molecule has 1 aromatic rings. The number of hydrogen-bond donors (Lipinski definition) is 1. The maximum absolute atomic E-state index is 11.7. The molecule has 1 aromatic carbocycles. The molecule has 6 heteroatoms. The number of aliphatic hydroxyl groups excluding tert-OH is 1. The van der Waals surface area contributed by atoms with E-state index in [1.807, 2.05) is 0 Å². The molecule has 5 nitrogen and oxygen atoms in total. The third-order valence-electron chi connectivity index (χ3n) is 4.99. The Kier molecular flexibility index (Phi) is 4.18. The average molecular weight is 324 g/mol. The van der Waals surface area contributed by atoms with E-state index >= 15 is 0 Å². The van der Waals surface area contributed by atoms with Crippen LogP contribution in [0.25, 0.3) is 0 Å². The van der Waals surface area contributed by atoms with Gasteiger partial charge in [0.2, 0.25) is 0 Å². The predicted octanol–water partition coefficient (Wildman–Crippen LogP) is 0.583. The molecule has 1 N–H and O–H groups in total. The highest BCUT2D eigenvalue weighted by atomic mass is 32.2. The smallest absolute Gasteiger partial charge is 0.154 e. The lowest BCUT2D eigenvalue weighted by atomic mass is 10.1. The van der Waals surface area contributed by atoms with Crippen LogP contribution in [0.3, 0.4) is 0 Å². The van der Waals surface area contributed by atoms with E-state index in [0.29, 0.717) is 0 Å². The van der Waals surface area contributed by atoms with Crippen molar-refractivity contribution in [3.05, 3.63) is 29.3 Å². The van der Waals surface area contributed by atoms with Gasteiger partial charge in [-0.2, -0.15) is 0 Å². The molecule has 3 rings (SSSR count). The van der Waals surface area contributed by atoms with Crippen LogP contribution in [-0.2, 0) is 9.84 Å².